The van der Waals surface area contributed by atoms with Crippen LogP contribution in [0.4, 0.5) is 4.39 Å². The van der Waals surface area contributed by atoms with Gasteiger partial charge in [0.15, 0.2) is 0 Å². The van der Waals surface area contributed by atoms with E-state index in [9.17, 15) is 4.39 Å². The van der Waals surface area contributed by atoms with Crippen LogP contribution in [0.25, 0.3) is 0 Å². The Balaban J connectivity index is 2.13. The highest BCUT2D eigenvalue weighted by atomic mass is 19.1. The van der Waals surface area contributed by atoms with Crippen LogP contribution in [-0.4, -0.2) is 30.9 Å². The molecule has 0 amide bonds. The lowest BCUT2D eigenvalue weighted by Gasteiger charge is -2.32. The van der Waals surface area contributed by atoms with Gasteiger partial charge in [0.25, 0.3) is 0 Å². The van der Waals surface area contributed by atoms with Crippen molar-refractivity contribution >= 4 is 7.12 Å². The highest BCUT2D eigenvalue weighted by molar-refractivity contribution is 6.53. The van der Waals surface area contributed by atoms with Crippen LogP contribution in [0.5, 0.6) is 0 Å². The van der Waals surface area contributed by atoms with Crippen molar-refractivity contribution in [2.75, 3.05) is 6.54 Å². The van der Waals surface area contributed by atoms with Gasteiger partial charge in [-0.1, -0.05) is 6.42 Å². The number of piperidine rings is 1. The summed E-state index contributed by atoms with van der Waals surface area (Å²) >= 11 is 0. The summed E-state index contributed by atoms with van der Waals surface area (Å²) in [6, 6.07) is 0.118. The number of halogens is 1. The predicted octanol–water partition coefficient (Wildman–Crippen LogP) is 3.00. The molecule has 108 valence electrons. The van der Waals surface area contributed by atoms with Gasteiger partial charge in [-0.05, 0) is 59.6 Å². The van der Waals surface area contributed by atoms with Gasteiger partial charge in [-0.15, -0.1) is 0 Å². The zero-order chi connectivity index (χ0) is 14.3. The Morgan fingerprint density at radius 2 is 1.74 bits per heavy atom. The molecule has 2 aliphatic heterocycles. The van der Waals surface area contributed by atoms with E-state index in [0.29, 0.717) is 0 Å². The lowest BCUT2D eigenvalue weighted by atomic mass is 9.82. The van der Waals surface area contributed by atoms with Crippen molar-refractivity contribution in [1.82, 2.24) is 5.32 Å². The first-order valence-electron chi connectivity index (χ1n) is 7.20. The Kier molecular flexibility index (Phi) is 4.10. The van der Waals surface area contributed by atoms with Gasteiger partial charge in [0.05, 0.1) is 11.2 Å². The van der Waals surface area contributed by atoms with Gasteiger partial charge in [-0.3, -0.25) is 0 Å². The van der Waals surface area contributed by atoms with Crippen LogP contribution in [0.2, 0.25) is 0 Å². The molecule has 2 saturated heterocycles. The van der Waals surface area contributed by atoms with Crippen LogP contribution < -0.4 is 5.32 Å². The first kappa shape index (κ1) is 15.0. The van der Waals surface area contributed by atoms with E-state index in [4.69, 9.17) is 9.31 Å². The second kappa shape index (κ2) is 5.19. The maximum Gasteiger partial charge on any atom is 0.525 e. The Bertz CT molecular complexity index is 360. The number of nitrogens with one attached hydrogen (secondary N) is 1. The molecule has 2 heterocycles. The third kappa shape index (κ3) is 2.88. The Hall–Kier alpha value is -0.385. The minimum absolute atomic E-state index is 0.118. The van der Waals surface area contributed by atoms with E-state index in [1.807, 2.05) is 34.6 Å². The Morgan fingerprint density at radius 3 is 2.21 bits per heavy atom. The van der Waals surface area contributed by atoms with Gasteiger partial charge >= 0.3 is 7.12 Å². The van der Waals surface area contributed by atoms with Gasteiger partial charge in [0.1, 0.15) is 5.73 Å². The summed E-state index contributed by atoms with van der Waals surface area (Å²) in [5.41, 5.74) is -0.527. The van der Waals surface area contributed by atoms with Crippen molar-refractivity contribution in [3.8, 4) is 0 Å². The molecule has 19 heavy (non-hydrogen) atoms. The average Bonchev–Trinajstić information content (AvgIpc) is 2.58. The minimum Gasteiger partial charge on any atom is -0.398 e. The molecule has 1 atom stereocenters. The number of hydrogen-bond donors (Lipinski definition) is 1. The molecule has 0 saturated carbocycles. The van der Waals surface area contributed by atoms with Crippen LogP contribution in [0, 0.1) is 0 Å². The fraction of sp³-hybridized carbons (Fsp3) is 0.857. The van der Waals surface area contributed by atoms with E-state index in [1.54, 1.807) is 0 Å². The molecular formula is C14H25BFNO2. The second-order valence-corrected chi connectivity index (χ2v) is 6.62. The molecule has 0 aromatic carbocycles. The number of hydrogen-bond acceptors (Lipinski definition) is 3. The molecular weight excluding hydrogens is 244 g/mol. The SMILES string of the molecule is CC(=C(F)B1OC(C)(C)C(C)(C)O1)C1CCCCN1. The quantitative estimate of drug-likeness (QED) is 0.782. The maximum atomic E-state index is 14.6. The molecule has 0 spiro atoms. The smallest absolute Gasteiger partial charge is 0.398 e. The van der Waals surface area contributed by atoms with E-state index in [-0.39, 0.29) is 11.8 Å². The Morgan fingerprint density at radius 1 is 1.16 bits per heavy atom. The molecule has 0 aliphatic carbocycles. The maximum absolute atomic E-state index is 14.6. The first-order valence-corrected chi connectivity index (χ1v) is 7.20. The van der Waals surface area contributed by atoms with E-state index in [0.717, 1.165) is 25.0 Å². The van der Waals surface area contributed by atoms with Crippen molar-refractivity contribution in [2.45, 2.75) is 71.1 Å². The van der Waals surface area contributed by atoms with E-state index < -0.39 is 18.3 Å². The molecule has 2 fully saturated rings. The summed E-state index contributed by atoms with van der Waals surface area (Å²) in [5, 5.41) is 3.36. The van der Waals surface area contributed by atoms with Crippen LogP contribution in [-0.2, 0) is 9.31 Å². The highest BCUT2D eigenvalue weighted by Gasteiger charge is 2.53. The van der Waals surface area contributed by atoms with Crippen molar-refractivity contribution < 1.29 is 13.7 Å². The predicted molar refractivity (Wildman–Crippen MR) is 75.5 cm³/mol. The zero-order valence-electron chi connectivity index (χ0n) is 12.7. The fourth-order valence-corrected chi connectivity index (χ4v) is 2.52. The highest BCUT2D eigenvalue weighted by Crippen LogP contribution is 2.39. The van der Waals surface area contributed by atoms with Crippen molar-refractivity contribution in [1.29, 1.82) is 0 Å². The summed E-state index contributed by atoms with van der Waals surface area (Å²) in [4.78, 5) is 0. The lowest BCUT2D eigenvalue weighted by molar-refractivity contribution is 0.00578. The molecule has 0 aromatic heterocycles. The topological polar surface area (TPSA) is 30.5 Å². The average molecular weight is 269 g/mol. The largest absolute Gasteiger partial charge is 0.525 e. The molecule has 0 radical (unpaired) electrons. The van der Waals surface area contributed by atoms with Crippen molar-refractivity contribution in [2.24, 2.45) is 0 Å². The van der Waals surface area contributed by atoms with Crippen LogP contribution in [0.3, 0.4) is 0 Å². The molecule has 1 N–H and O–H groups in total. The van der Waals surface area contributed by atoms with E-state index in [2.05, 4.69) is 5.32 Å². The number of rotatable bonds is 2. The summed E-state index contributed by atoms with van der Waals surface area (Å²) in [7, 11) is -0.867. The summed E-state index contributed by atoms with van der Waals surface area (Å²) in [5.74, 6) is 0. The van der Waals surface area contributed by atoms with Gasteiger partial charge in [-0.2, -0.15) is 0 Å². The van der Waals surface area contributed by atoms with Crippen LogP contribution in [0.15, 0.2) is 11.3 Å². The molecule has 0 aromatic rings. The molecule has 0 bridgehead atoms. The van der Waals surface area contributed by atoms with Gasteiger partial charge in [-0.25, -0.2) is 4.39 Å². The molecule has 5 heteroatoms. The van der Waals surface area contributed by atoms with Crippen molar-refractivity contribution in [3.63, 3.8) is 0 Å². The normalized spacial score (nSPS) is 31.3. The summed E-state index contributed by atoms with van der Waals surface area (Å²) in [6.45, 7) is 10.5. The van der Waals surface area contributed by atoms with Crippen LogP contribution >= 0.6 is 0 Å². The van der Waals surface area contributed by atoms with Crippen molar-refractivity contribution in [3.05, 3.63) is 11.3 Å². The van der Waals surface area contributed by atoms with Gasteiger partial charge in [0, 0.05) is 6.04 Å². The fourth-order valence-electron chi connectivity index (χ4n) is 2.52. The molecule has 2 rings (SSSR count). The third-order valence-corrected chi connectivity index (χ3v) is 4.67. The van der Waals surface area contributed by atoms with Crippen LogP contribution in [0.1, 0.15) is 53.9 Å². The Labute approximate surface area is 116 Å². The summed E-state index contributed by atoms with van der Waals surface area (Å²) < 4.78 is 26.1. The van der Waals surface area contributed by atoms with Gasteiger partial charge in [0.2, 0.25) is 0 Å². The zero-order valence-corrected chi connectivity index (χ0v) is 12.7. The summed E-state index contributed by atoms with van der Waals surface area (Å²) in [6.07, 6.45) is 3.30. The minimum atomic E-state index is -0.867. The van der Waals surface area contributed by atoms with E-state index in [1.165, 1.54) is 6.42 Å². The molecule has 2 aliphatic rings. The molecule has 1 unspecified atom stereocenters. The van der Waals surface area contributed by atoms with E-state index >= 15 is 0 Å². The standard InChI is InChI=1S/C14H25BFNO2/c1-10(11-8-6-7-9-17-11)12(16)15-18-13(2,3)14(4,5)19-15/h11,17H,6-9H2,1-5H3. The third-order valence-electron chi connectivity index (χ3n) is 4.67. The molecule has 3 nitrogen and oxygen atoms in total. The van der Waals surface area contributed by atoms with Gasteiger partial charge < -0.3 is 14.6 Å². The second-order valence-electron chi connectivity index (χ2n) is 6.62. The lowest BCUT2D eigenvalue weighted by Crippen LogP contribution is -2.41. The monoisotopic (exact) mass is 269 g/mol. The first-order chi connectivity index (χ1) is 8.74.